The van der Waals surface area contributed by atoms with E-state index in [4.69, 9.17) is 0 Å². The normalized spacial score (nSPS) is 18.8. The monoisotopic (exact) mass is 501 g/mol. The minimum Gasteiger partial charge on any atom is -0.355 e. The van der Waals surface area contributed by atoms with Crippen molar-refractivity contribution in [2.45, 2.75) is 25.7 Å². The summed E-state index contributed by atoms with van der Waals surface area (Å²) >= 11 is 0. The van der Waals surface area contributed by atoms with Crippen molar-refractivity contribution in [2.75, 3.05) is 5.32 Å². The maximum atomic E-state index is 3.79. The van der Waals surface area contributed by atoms with Gasteiger partial charge < -0.3 is 5.32 Å². The molecule has 0 saturated heterocycles. The second-order valence-corrected chi connectivity index (χ2v) is 10.4. The van der Waals surface area contributed by atoms with Crippen LogP contribution in [0.4, 0.5) is 11.4 Å². The summed E-state index contributed by atoms with van der Waals surface area (Å²) in [6.45, 7) is 4.43. The lowest BCUT2D eigenvalue weighted by Crippen LogP contribution is -2.26. The van der Waals surface area contributed by atoms with Gasteiger partial charge in [-0.25, -0.2) is 0 Å². The third kappa shape index (κ3) is 3.40. The Balaban J connectivity index is 1.41. The van der Waals surface area contributed by atoms with Gasteiger partial charge in [0.1, 0.15) is 0 Å². The largest absolute Gasteiger partial charge is 0.355 e. The van der Waals surface area contributed by atoms with Gasteiger partial charge in [-0.2, -0.15) is 0 Å². The number of allylic oxidation sites excluding steroid dienone is 4. The van der Waals surface area contributed by atoms with Crippen LogP contribution in [-0.2, 0) is 5.41 Å². The molecular weight excluding hydrogens is 470 g/mol. The van der Waals surface area contributed by atoms with Crippen LogP contribution in [0.2, 0.25) is 0 Å². The smallest absolute Gasteiger partial charge is 0.0723 e. The molecule has 39 heavy (non-hydrogen) atoms. The topological polar surface area (TPSA) is 12.0 Å². The van der Waals surface area contributed by atoms with Crippen LogP contribution in [0.15, 0.2) is 139 Å². The van der Waals surface area contributed by atoms with Crippen LogP contribution in [-0.4, -0.2) is 0 Å². The van der Waals surface area contributed by atoms with Gasteiger partial charge >= 0.3 is 0 Å². The Labute approximate surface area is 231 Å². The Morgan fingerprint density at radius 1 is 0.615 bits per heavy atom. The summed E-state index contributed by atoms with van der Waals surface area (Å²) in [4.78, 5) is 0. The van der Waals surface area contributed by atoms with Crippen molar-refractivity contribution in [3.63, 3.8) is 0 Å². The van der Waals surface area contributed by atoms with Crippen molar-refractivity contribution in [2.24, 2.45) is 0 Å². The van der Waals surface area contributed by atoms with E-state index in [2.05, 4.69) is 153 Å². The molecule has 0 heterocycles. The molecule has 0 fully saturated rings. The zero-order valence-electron chi connectivity index (χ0n) is 22.4. The number of hydrogen-bond acceptors (Lipinski definition) is 1. The Kier molecular flexibility index (Phi) is 5.60. The van der Waals surface area contributed by atoms with E-state index in [1.165, 1.54) is 55.7 Å². The van der Waals surface area contributed by atoms with E-state index >= 15 is 0 Å². The summed E-state index contributed by atoms with van der Waals surface area (Å²) in [5.74, 6) is 0. The van der Waals surface area contributed by atoms with E-state index < -0.39 is 0 Å². The van der Waals surface area contributed by atoms with Gasteiger partial charge in [0.2, 0.25) is 0 Å². The number of fused-ring (bicyclic) bond motifs is 7. The molecule has 0 aliphatic heterocycles. The maximum Gasteiger partial charge on any atom is 0.0723 e. The van der Waals surface area contributed by atoms with E-state index in [0.717, 1.165) is 17.8 Å². The van der Waals surface area contributed by atoms with Gasteiger partial charge in [-0.1, -0.05) is 122 Å². The van der Waals surface area contributed by atoms with E-state index in [1.54, 1.807) is 0 Å². The number of nitrogens with one attached hydrogen (secondary N) is 1. The van der Waals surface area contributed by atoms with Crippen LogP contribution < -0.4 is 5.32 Å². The molecule has 2 aliphatic carbocycles. The first kappa shape index (κ1) is 23.5. The Bertz CT molecular complexity index is 1760. The zero-order valence-corrected chi connectivity index (χ0v) is 22.4. The highest BCUT2D eigenvalue weighted by molar-refractivity contribution is 6.02. The van der Waals surface area contributed by atoms with Gasteiger partial charge in [-0.3, -0.25) is 0 Å². The average Bonchev–Trinajstić information content (AvgIpc) is 3.45. The summed E-state index contributed by atoms with van der Waals surface area (Å²) in [5.41, 5.74) is 15.2. The van der Waals surface area contributed by atoms with Crippen LogP contribution >= 0.6 is 0 Å². The molecule has 1 spiro atoms. The van der Waals surface area contributed by atoms with Gasteiger partial charge in [0.25, 0.3) is 0 Å². The van der Waals surface area contributed by atoms with Crippen LogP contribution in [0.1, 0.15) is 42.5 Å². The number of hydrogen-bond donors (Lipinski definition) is 1. The Morgan fingerprint density at radius 2 is 1.23 bits per heavy atom. The SMILES string of the molecule is C/C=C1\C(=C/CC)c2ccccc2C12c1ccccc1-c1c(Nc3ccc(-c4ccccc4)cc3)cccc12. The minimum atomic E-state index is -0.312. The number of anilines is 2. The second kappa shape index (κ2) is 9.29. The van der Waals surface area contributed by atoms with Crippen LogP contribution in [0.5, 0.6) is 0 Å². The standard InChI is InChI=1S/C38H31N/c1-3-13-29-30-16-8-10-18-33(30)38(32(29)4-2)34-19-11-9-17-31(34)37-35(38)20-12-21-36(37)39-28-24-22-27(23-25-28)26-14-6-5-7-15-26/h4-25,39H,3H2,1-2H3/b29-13-,32-4+. The van der Waals surface area contributed by atoms with E-state index in [-0.39, 0.29) is 5.41 Å². The predicted octanol–water partition coefficient (Wildman–Crippen LogP) is 10.2. The average molecular weight is 502 g/mol. The van der Waals surface area contributed by atoms with Crippen LogP contribution in [0, 0.1) is 0 Å². The fourth-order valence-corrected chi connectivity index (χ4v) is 6.88. The Hall–Kier alpha value is -4.62. The van der Waals surface area contributed by atoms with E-state index in [1.807, 2.05) is 0 Å². The first-order chi connectivity index (χ1) is 19.3. The summed E-state index contributed by atoms with van der Waals surface area (Å²) in [6.07, 6.45) is 5.75. The van der Waals surface area contributed by atoms with Gasteiger partial charge in [0.15, 0.2) is 0 Å². The lowest BCUT2D eigenvalue weighted by Gasteiger charge is -2.31. The first-order valence-corrected chi connectivity index (χ1v) is 13.9. The molecule has 0 bridgehead atoms. The highest BCUT2D eigenvalue weighted by Gasteiger charge is 2.53. The third-order valence-corrected chi connectivity index (χ3v) is 8.35. The molecule has 1 N–H and O–H groups in total. The first-order valence-electron chi connectivity index (χ1n) is 13.9. The quantitative estimate of drug-likeness (QED) is 0.258. The van der Waals surface area contributed by atoms with Crippen molar-refractivity contribution in [1.29, 1.82) is 0 Å². The highest BCUT2D eigenvalue weighted by atomic mass is 14.9. The third-order valence-electron chi connectivity index (χ3n) is 8.35. The van der Waals surface area contributed by atoms with Crippen molar-refractivity contribution < 1.29 is 0 Å². The summed E-state index contributed by atoms with van der Waals surface area (Å²) in [5, 5.41) is 3.79. The fraction of sp³-hybridized carbons (Fsp3) is 0.105. The molecule has 5 aromatic carbocycles. The molecule has 1 nitrogen and oxygen atoms in total. The molecule has 1 unspecified atom stereocenters. The van der Waals surface area contributed by atoms with Crippen LogP contribution in [0.3, 0.4) is 0 Å². The molecule has 188 valence electrons. The number of benzene rings is 5. The predicted molar refractivity (Wildman–Crippen MR) is 165 cm³/mol. The van der Waals surface area contributed by atoms with E-state index in [0.29, 0.717) is 0 Å². The molecule has 1 atom stereocenters. The number of rotatable bonds is 4. The summed E-state index contributed by atoms with van der Waals surface area (Å²) in [7, 11) is 0. The lowest BCUT2D eigenvalue weighted by atomic mass is 9.70. The van der Waals surface area contributed by atoms with Crippen molar-refractivity contribution in [1.82, 2.24) is 0 Å². The Morgan fingerprint density at radius 3 is 1.95 bits per heavy atom. The van der Waals surface area contributed by atoms with Gasteiger partial charge in [0, 0.05) is 16.9 Å². The molecular formula is C38H31N. The van der Waals surface area contributed by atoms with Crippen molar-refractivity contribution >= 4 is 16.9 Å². The molecule has 7 rings (SSSR count). The zero-order chi connectivity index (χ0) is 26.4. The van der Waals surface area contributed by atoms with Gasteiger partial charge in [0.05, 0.1) is 5.41 Å². The van der Waals surface area contributed by atoms with E-state index in [9.17, 15) is 0 Å². The summed E-state index contributed by atoms with van der Waals surface area (Å²) in [6, 6.07) is 44.1. The second-order valence-electron chi connectivity index (χ2n) is 10.4. The van der Waals surface area contributed by atoms with Crippen molar-refractivity contribution in [3.05, 3.63) is 161 Å². The molecule has 5 aromatic rings. The molecule has 0 radical (unpaired) electrons. The van der Waals surface area contributed by atoms with Crippen molar-refractivity contribution in [3.8, 4) is 22.3 Å². The fourth-order valence-electron chi connectivity index (χ4n) is 6.88. The molecule has 1 heteroatoms. The van der Waals surface area contributed by atoms with Gasteiger partial charge in [-0.15, -0.1) is 0 Å². The molecule has 2 aliphatic rings. The highest BCUT2D eigenvalue weighted by Crippen LogP contribution is 2.64. The maximum absolute atomic E-state index is 3.79. The molecule has 0 aromatic heterocycles. The van der Waals surface area contributed by atoms with Crippen LogP contribution in [0.25, 0.3) is 27.8 Å². The molecule has 0 saturated carbocycles. The lowest BCUT2D eigenvalue weighted by molar-refractivity contribution is 0.792. The van der Waals surface area contributed by atoms with Gasteiger partial charge in [-0.05, 0) is 81.6 Å². The molecule has 0 amide bonds. The summed E-state index contributed by atoms with van der Waals surface area (Å²) < 4.78 is 0. The minimum absolute atomic E-state index is 0.312.